The molecule has 1 aromatic heterocycles. The van der Waals surface area contributed by atoms with Gasteiger partial charge in [-0.3, -0.25) is 4.72 Å². The van der Waals surface area contributed by atoms with E-state index in [1.165, 1.54) is 12.1 Å². The summed E-state index contributed by atoms with van der Waals surface area (Å²) in [5.74, 6) is 0.120. The molecule has 0 amide bonds. The van der Waals surface area contributed by atoms with Crippen LogP contribution in [0.4, 0.5) is 5.69 Å². The highest BCUT2D eigenvalue weighted by Gasteiger charge is 2.23. The van der Waals surface area contributed by atoms with Crippen molar-refractivity contribution in [1.82, 2.24) is 0 Å². The average molecular weight is 401 g/mol. The molecule has 0 unspecified atom stereocenters. The number of furan rings is 1. The van der Waals surface area contributed by atoms with Crippen LogP contribution in [0.15, 0.2) is 38.2 Å². The van der Waals surface area contributed by atoms with Crippen LogP contribution in [0.3, 0.4) is 0 Å². The first-order valence-corrected chi connectivity index (χ1v) is 8.24. The zero-order valence-electron chi connectivity index (χ0n) is 9.73. The van der Waals surface area contributed by atoms with Crippen LogP contribution in [0.25, 0.3) is 0 Å². The van der Waals surface area contributed by atoms with Gasteiger partial charge < -0.3 is 9.52 Å². The van der Waals surface area contributed by atoms with Crippen molar-refractivity contribution in [2.24, 2.45) is 0 Å². The van der Waals surface area contributed by atoms with Crippen LogP contribution in [-0.2, 0) is 16.6 Å². The quantitative estimate of drug-likeness (QED) is 0.820. The van der Waals surface area contributed by atoms with E-state index in [1.54, 1.807) is 12.1 Å². The zero-order valence-corrected chi connectivity index (χ0v) is 13.6. The van der Waals surface area contributed by atoms with Crippen molar-refractivity contribution < 1.29 is 17.9 Å². The zero-order chi connectivity index (χ0) is 14.9. The molecule has 0 aliphatic rings. The Labute approximate surface area is 133 Å². The topological polar surface area (TPSA) is 79.5 Å². The lowest BCUT2D eigenvalue weighted by atomic mass is 10.3. The largest absolute Gasteiger partial charge is 0.450 e. The summed E-state index contributed by atoms with van der Waals surface area (Å²) in [5.41, 5.74) is 0.151. The summed E-state index contributed by atoms with van der Waals surface area (Å²) in [5, 5.41) is 9.27. The van der Waals surface area contributed by atoms with Crippen molar-refractivity contribution in [3.05, 3.63) is 44.7 Å². The van der Waals surface area contributed by atoms with Gasteiger partial charge in [0.2, 0.25) is 0 Å². The van der Waals surface area contributed by atoms with Crippen LogP contribution in [-0.4, -0.2) is 13.5 Å². The Balaban J connectivity index is 2.40. The molecule has 0 radical (unpaired) electrons. The minimum atomic E-state index is -3.92. The Morgan fingerprint density at radius 3 is 2.65 bits per heavy atom. The molecule has 0 spiro atoms. The van der Waals surface area contributed by atoms with E-state index >= 15 is 0 Å². The number of nitrogens with one attached hydrogen (secondary N) is 1. The number of sulfonamides is 1. The number of benzene rings is 1. The molecule has 0 aliphatic carbocycles. The van der Waals surface area contributed by atoms with E-state index in [0.717, 1.165) is 0 Å². The van der Waals surface area contributed by atoms with E-state index < -0.39 is 16.6 Å². The third-order valence-electron chi connectivity index (χ3n) is 2.35. The highest BCUT2D eigenvalue weighted by molar-refractivity contribution is 9.10. The van der Waals surface area contributed by atoms with E-state index in [4.69, 9.17) is 32.7 Å². The highest BCUT2D eigenvalue weighted by Crippen LogP contribution is 2.33. The molecule has 0 saturated heterocycles. The van der Waals surface area contributed by atoms with Gasteiger partial charge >= 0.3 is 0 Å². The summed E-state index contributed by atoms with van der Waals surface area (Å²) in [7, 11) is -3.92. The molecule has 20 heavy (non-hydrogen) atoms. The Bertz CT molecular complexity index is 745. The summed E-state index contributed by atoms with van der Waals surface area (Å²) in [6, 6.07) is 5.80. The van der Waals surface area contributed by atoms with Gasteiger partial charge in [0.1, 0.15) is 17.3 Å². The molecule has 1 aromatic carbocycles. The number of halogens is 3. The maximum absolute atomic E-state index is 12.2. The van der Waals surface area contributed by atoms with Crippen LogP contribution in [0.5, 0.6) is 0 Å². The van der Waals surface area contributed by atoms with Gasteiger partial charge in [-0.15, -0.1) is 0 Å². The fraction of sp³-hybridized carbons (Fsp3) is 0.0909. The Morgan fingerprint density at radius 2 is 2.05 bits per heavy atom. The summed E-state index contributed by atoms with van der Waals surface area (Å²) in [6.45, 7) is -0.411. The van der Waals surface area contributed by atoms with Gasteiger partial charge in [-0.2, -0.15) is 0 Å². The number of aliphatic hydroxyl groups excluding tert-OH is 1. The predicted octanol–water partition coefficient (Wildman–Crippen LogP) is 3.64. The minimum absolute atomic E-state index is 0.00722. The molecule has 0 saturated carbocycles. The van der Waals surface area contributed by atoms with E-state index in [-0.39, 0.29) is 31.1 Å². The second-order valence-corrected chi connectivity index (χ2v) is 6.87. The molecular weight excluding hydrogens is 393 g/mol. The molecule has 2 N–H and O–H groups in total. The predicted molar refractivity (Wildman–Crippen MR) is 79.6 cm³/mol. The number of hydrogen-bond donors (Lipinski definition) is 2. The van der Waals surface area contributed by atoms with E-state index in [9.17, 15) is 8.42 Å². The first-order valence-electron chi connectivity index (χ1n) is 5.21. The van der Waals surface area contributed by atoms with E-state index in [1.807, 2.05) is 0 Å². The van der Waals surface area contributed by atoms with Gasteiger partial charge in [-0.05, 0) is 28.1 Å². The lowest BCUT2D eigenvalue weighted by molar-refractivity contribution is 0.245. The van der Waals surface area contributed by atoms with Crippen LogP contribution in [0, 0.1) is 0 Å². The van der Waals surface area contributed by atoms with Gasteiger partial charge in [0.25, 0.3) is 10.0 Å². The van der Waals surface area contributed by atoms with E-state index in [2.05, 4.69) is 20.7 Å². The Hall–Kier alpha value is -0.730. The molecule has 0 atom stereocenters. The Morgan fingerprint density at radius 1 is 1.35 bits per heavy atom. The maximum atomic E-state index is 12.2. The molecule has 0 bridgehead atoms. The molecule has 5 nitrogen and oxygen atoms in total. The van der Waals surface area contributed by atoms with Crippen molar-refractivity contribution in [3.63, 3.8) is 0 Å². The summed E-state index contributed by atoms with van der Waals surface area (Å²) >= 11 is 14.7. The smallest absolute Gasteiger partial charge is 0.266 e. The monoisotopic (exact) mass is 399 g/mol. The molecular formula is C11H8BrCl2NO4S. The normalized spacial score (nSPS) is 11.6. The minimum Gasteiger partial charge on any atom is -0.450 e. The van der Waals surface area contributed by atoms with Crippen LogP contribution >= 0.6 is 39.1 Å². The van der Waals surface area contributed by atoms with Crippen LogP contribution in [0.1, 0.15) is 5.76 Å². The molecule has 9 heteroatoms. The molecule has 108 valence electrons. The lowest BCUT2D eigenvalue weighted by Crippen LogP contribution is -2.13. The SMILES string of the molecule is O=S(=O)(Nc1cccc(Cl)c1Cl)c1cc(CO)oc1Br. The van der Waals surface area contributed by atoms with Gasteiger partial charge in [0.05, 0.1) is 15.7 Å². The number of hydrogen-bond acceptors (Lipinski definition) is 4. The fourth-order valence-electron chi connectivity index (χ4n) is 1.44. The first-order chi connectivity index (χ1) is 9.35. The molecule has 0 fully saturated rings. The first kappa shape index (κ1) is 15.7. The van der Waals surface area contributed by atoms with Gasteiger partial charge in [-0.25, -0.2) is 8.42 Å². The number of aliphatic hydroxyl groups is 1. The molecule has 2 aromatic rings. The second kappa shape index (κ2) is 5.95. The average Bonchev–Trinajstić information content (AvgIpc) is 2.77. The molecule has 0 aliphatic heterocycles. The van der Waals surface area contributed by atoms with Gasteiger partial charge in [-0.1, -0.05) is 29.3 Å². The summed E-state index contributed by atoms with van der Waals surface area (Å²) in [6.07, 6.45) is 0. The highest BCUT2D eigenvalue weighted by atomic mass is 79.9. The standard InChI is InChI=1S/C11H8BrCl2NO4S/c12-11-9(4-6(5-16)19-11)20(17,18)15-8-3-1-2-7(13)10(8)14/h1-4,15-16H,5H2. The third kappa shape index (κ3) is 3.12. The number of anilines is 1. The fourth-order valence-corrected chi connectivity index (χ4v) is 3.92. The van der Waals surface area contributed by atoms with Crippen molar-refractivity contribution in [3.8, 4) is 0 Å². The van der Waals surface area contributed by atoms with Crippen molar-refractivity contribution in [2.45, 2.75) is 11.5 Å². The maximum Gasteiger partial charge on any atom is 0.266 e. The van der Waals surface area contributed by atoms with Crippen LogP contribution < -0.4 is 4.72 Å². The molecule has 2 rings (SSSR count). The lowest BCUT2D eigenvalue weighted by Gasteiger charge is -2.09. The van der Waals surface area contributed by atoms with Crippen molar-refractivity contribution >= 4 is 54.8 Å². The van der Waals surface area contributed by atoms with Crippen molar-refractivity contribution in [1.29, 1.82) is 0 Å². The summed E-state index contributed by atoms with van der Waals surface area (Å²) in [4.78, 5) is -0.141. The van der Waals surface area contributed by atoms with Gasteiger partial charge in [0.15, 0.2) is 4.67 Å². The van der Waals surface area contributed by atoms with Crippen LogP contribution in [0.2, 0.25) is 10.0 Å². The van der Waals surface area contributed by atoms with Crippen molar-refractivity contribution in [2.75, 3.05) is 4.72 Å². The Kier molecular flexibility index (Phi) is 4.66. The number of rotatable bonds is 4. The third-order valence-corrected chi connectivity index (χ3v) is 5.39. The van der Waals surface area contributed by atoms with E-state index in [0.29, 0.717) is 0 Å². The van der Waals surface area contributed by atoms with Gasteiger partial charge in [0, 0.05) is 6.07 Å². The molecule has 1 heterocycles. The summed E-state index contributed by atoms with van der Waals surface area (Å²) < 4.78 is 31.8. The second-order valence-electron chi connectivity index (χ2n) is 3.72.